The number of methoxy groups -OCH3 is 2. The molecule has 0 aliphatic heterocycles. The minimum absolute atomic E-state index is 0.620. The molecule has 0 aromatic carbocycles. The number of rotatable bonds is 8. The van der Waals surface area contributed by atoms with Gasteiger partial charge in [0.2, 0.25) is 5.95 Å². The Morgan fingerprint density at radius 1 is 1.29 bits per heavy atom. The second-order valence-corrected chi connectivity index (χ2v) is 4.10. The third-order valence-electron chi connectivity index (χ3n) is 2.48. The zero-order valence-electron chi connectivity index (χ0n) is 10.6. The van der Waals surface area contributed by atoms with Gasteiger partial charge in [0.25, 0.3) is 0 Å². The number of aromatic nitrogens is 3. The molecule has 1 rings (SSSR count). The zero-order chi connectivity index (χ0) is 12.7. The van der Waals surface area contributed by atoms with Crippen LogP contribution in [0.2, 0.25) is 0 Å². The summed E-state index contributed by atoms with van der Waals surface area (Å²) in [6.07, 6.45) is 0.944. The Kier molecular flexibility index (Phi) is 6.17. The predicted octanol–water partition coefficient (Wildman–Crippen LogP) is 0.967. The number of nitrogens with one attached hydrogen (secondary N) is 1. The maximum absolute atomic E-state index is 5.10. The van der Waals surface area contributed by atoms with Gasteiger partial charge in [-0.3, -0.25) is 4.57 Å². The first-order valence-electron chi connectivity index (χ1n) is 5.55. The summed E-state index contributed by atoms with van der Waals surface area (Å²) in [5.41, 5.74) is 0. The number of H-pyrrole nitrogens is 1. The SMILES string of the molecule is COCCCN(CCOC)c1n[nH]c(=S)n1C. The third-order valence-corrected chi connectivity index (χ3v) is 2.85. The molecule has 0 unspecified atom stereocenters. The number of ether oxygens (including phenoxy) is 2. The van der Waals surface area contributed by atoms with Crippen molar-refractivity contribution in [3.63, 3.8) is 0 Å². The number of aromatic amines is 1. The van der Waals surface area contributed by atoms with E-state index in [4.69, 9.17) is 21.7 Å². The van der Waals surface area contributed by atoms with Crippen molar-refractivity contribution < 1.29 is 9.47 Å². The molecule has 0 saturated heterocycles. The molecule has 0 bridgehead atoms. The van der Waals surface area contributed by atoms with Gasteiger partial charge in [-0.15, -0.1) is 5.10 Å². The second kappa shape index (κ2) is 7.41. The number of nitrogens with zero attached hydrogens (tertiary/aromatic N) is 3. The third kappa shape index (κ3) is 4.10. The molecule has 0 saturated carbocycles. The van der Waals surface area contributed by atoms with E-state index in [9.17, 15) is 0 Å². The van der Waals surface area contributed by atoms with E-state index in [-0.39, 0.29) is 0 Å². The van der Waals surface area contributed by atoms with Gasteiger partial charge in [-0.25, -0.2) is 5.10 Å². The van der Waals surface area contributed by atoms with E-state index in [0.29, 0.717) is 11.4 Å². The van der Waals surface area contributed by atoms with E-state index in [1.807, 2.05) is 11.6 Å². The topological polar surface area (TPSA) is 55.3 Å². The van der Waals surface area contributed by atoms with E-state index in [1.54, 1.807) is 14.2 Å². The molecule has 0 aliphatic rings. The van der Waals surface area contributed by atoms with Crippen molar-refractivity contribution in [1.82, 2.24) is 14.8 Å². The van der Waals surface area contributed by atoms with Gasteiger partial charge in [0.1, 0.15) is 0 Å². The van der Waals surface area contributed by atoms with E-state index in [1.165, 1.54) is 0 Å². The van der Waals surface area contributed by atoms with Crippen molar-refractivity contribution in [2.45, 2.75) is 6.42 Å². The Labute approximate surface area is 107 Å². The highest BCUT2D eigenvalue weighted by atomic mass is 32.1. The van der Waals surface area contributed by atoms with Crippen molar-refractivity contribution in [2.24, 2.45) is 7.05 Å². The van der Waals surface area contributed by atoms with Gasteiger partial charge in [-0.1, -0.05) is 0 Å². The van der Waals surface area contributed by atoms with E-state index < -0.39 is 0 Å². The van der Waals surface area contributed by atoms with Crippen LogP contribution in [-0.2, 0) is 16.5 Å². The highest BCUT2D eigenvalue weighted by Crippen LogP contribution is 2.09. The second-order valence-electron chi connectivity index (χ2n) is 3.71. The first-order valence-corrected chi connectivity index (χ1v) is 5.95. The maximum atomic E-state index is 5.10. The monoisotopic (exact) mass is 260 g/mol. The lowest BCUT2D eigenvalue weighted by atomic mass is 10.4. The summed E-state index contributed by atoms with van der Waals surface area (Å²) in [7, 11) is 5.29. The average Bonchev–Trinajstić information content (AvgIpc) is 2.65. The molecular formula is C10H20N4O2S. The summed E-state index contributed by atoms with van der Waals surface area (Å²) < 4.78 is 12.6. The average molecular weight is 260 g/mol. The molecule has 1 aromatic rings. The largest absolute Gasteiger partial charge is 0.385 e. The smallest absolute Gasteiger partial charge is 0.225 e. The summed E-state index contributed by atoms with van der Waals surface area (Å²) in [6, 6.07) is 0. The molecule has 0 spiro atoms. The van der Waals surface area contributed by atoms with Crippen molar-refractivity contribution in [1.29, 1.82) is 0 Å². The van der Waals surface area contributed by atoms with Gasteiger partial charge >= 0.3 is 0 Å². The molecule has 98 valence electrons. The Bertz CT molecular complexity index is 377. The van der Waals surface area contributed by atoms with Crippen LogP contribution in [0.4, 0.5) is 5.95 Å². The molecule has 6 nitrogen and oxygen atoms in total. The zero-order valence-corrected chi connectivity index (χ0v) is 11.4. The summed E-state index contributed by atoms with van der Waals surface area (Å²) in [4.78, 5) is 2.13. The normalized spacial score (nSPS) is 10.8. The standard InChI is InChI=1S/C10H20N4O2S/c1-13-9(11-12-10(13)17)14(6-8-16-3)5-4-7-15-2/h4-8H2,1-3H3,(H,12,17). The molecule has 17 heavy (non-hydrogen) atoms. The fourth-order valence-electron chi connectivity index (χ4n) is 1.53. The first-order chi connectivity index (χ1) is 8.20. The summed E-state index contributed by atoms with van der Waals surface area (Å²) in [6.45, 7) is 3.04. The van der Waals surface area contributed by atoms with Crippen molar-refractivity contribution in [2.75, 3.05) is 45.4 Å². The van der Waals surface area contributed by atoms with Crippen LogP contribution in [0.5, 0.6) is 0 Å². The fourth-order valence-corrected chi connectivity index (χ4v) is 1.66. The van der Waals surface area contributed by atoms with Crippen LogP contribution in [0.1, 0.15) is 6.42 Å². The molecule has 7 heteroatoms. The van der Waals surface area contributed by atoms with Crippen LogP contribution in [0.25, 0.3) is 0 Å². The molecule has 0 atom stereocenters. The summed E-state index contributed by atoms with van der Waals surface area (Å²) in [5.74, 6) is 0.836. The van der Waals surface area contributed by atoms with E-state index in [2.05, 4.69) is 15.1 Å². The Morgan fingerprint density at radius 3 is 2.53 bits per heavy atom. The van der Waals surface area contributed by atoms with Crippen LogP contribution in [0, 0.1) is 4.77 Å². The van der Waals surface area contributed by atoms with Crippen LogP contribution in [-0.4, -0.2) is 55.3 Å². The number of hydrogen-bond acceptors (Lipinski definition) is 5. The molecule has 0 radical (unpaired) electrons. The number of anilines is 1. The van der Waals surface area contributed by atoms with Gasteiger partial charge in [0, 0.05) is 41.0 Å². The molecule has 1 N–H and O–H groups in total. The molecule has 1 aromatic heterocycles. The van der Waals surface area contributed by atoms with Crippen molar-refractivity contribution in [3.05, 3.63) is 4.77 Å². The lowest BCUT2D eigenvalue weighted by molar-refractivity contribution is 0.190. The number of hydrogen-bond donors (Lipinski definition) is 1. The molecule has 1 heterocycles. The van der Waals surface area contributed by atoms with Gasteiger partial charge in [0.15, 0.2) is 4.77 Å². The summed E-state index contributed by atoms with van der Waals surface area (Å²) in [5, 5.41) is 7.01. The molecule has 0 amide bonds. The molecule has 0 fully saturated rings. The Balaban J connectivity index is 2.67. The van der Waals surface area contributed by atoms with Gasteiger partial charge in [0.05, 0.1) is 6.61 Å². The van der Waals surface area contributed by atoms with Crippen molar-refractivity contribution >= 4 is 18.2 Å². The van der Waals surface area contributed by atoms with Gasteiger partial charge < -0.3 is 14.4 Å². The highest BCUT2D eigenvalue weighted by molar-refractivity contribution is 7.71. The Hall–Kier alpha value is -0.920. The maximum Gasteiger partial charge on any atom is 0.225 e. The van der Waals surface area contributed by atoms with Crippen LogP contribution in [0.15, 0.2) is 0 Å². The lowest BCUT2D eigenvalue weighted by Gasteiger charge is -2.22. The van der Waals surface area contributed by atoms with Gasteiger partial charge in [-0.05, 0) is 18.6 Å². The highest BCUT2D eigenvalue weighted by Gasteiger charge is 2.11. The molecule has 0 aliphatic carbocycles. The van der Waals surface area contributed by atoms with Crippen LogP contribution >= 0.6 is 12.2 Å². The van der Waals surface area contributed by atoms with E-state index >= 15 is 0 Å². The van der Waals surface area contributed by atoms with Gasteiger partial charge in [-0.2, -0.15) is 0 Å². The van der Waals surface area contributed by atoms with Crippen molar-refractivity contribution in [3.8, 4) is 0 Å². The van der Waals surface area contributed by atoms with E-state index in [0.717, 1.165) is 32.1 Å². The van der Waals surface area contributed by atoms with Crippen LogP contribution in [0.3, 0.4) is 0 Å². The van der Waals surface area contributed by atoms with Crippen LogP contribution < -0.4 is 4.90 Å². The summed E-state index contributed by atoms with van der Waals surface area (Å²) >= 11 is 5.10. The molecular weight excluding hydrogens is 240 g/mol. The quantitative estimate of drug-likeness (QED) is 0.557. The minimum atomic E-state index is 0.620. The predicted molar refractivity (Wildman–Crippen MR) is 69.0 cm³/mol. The lowest BCUT2D eigenvalue weighted by Crippen LogP contribution is -2.31. The Morgan fingerprint density at radius 2 is 2.00 bits per heavy atom. The first kappa shape index (κ1) is 14.1. The fraction of sp³-hybridized carbons (Fsp3) is 0.800. The minimum Gasteiger partial charge on any atom is -0.385 e.